The van der Waals surface area contributed by atoms with Crippen LogP contribution in [0.4, 0.5) is 4.39 Å². The van der Waals surface area contributed by atoms with Crippen LogP contribution in [0.1, 0.15) is 29.9 Å². The minimum absolute atomic E-state index is 0.309. The Labute approximate surface area is 153 Å². The molecule has 3 rings (SSSR count). The lowest BCUT2D eigenvalue weighted by molar-refractivity contribution is 0.0909. The molecule has 2 aromatic heterocycles. The maximum atomic E-state index is 13.8. The zero-order valence-corrected chi connectivity index (χ0v) is 15.6. The Balaban J connectivity index is 1.91. The van der Waals surface area contributed by atoms with E-state index in [0.29, 0.717) is 22.5 Å². The van der Waals surface area contributed by atoms with Crippen molar-refractivity contribution < 1.29 is 13.9 Å². The van der Waals surface area contributed by atoms with E-state index in [4.69, 9.17) is 4.74 Å². The molecule has 1 aromatic carbocycles. The van der Waals surface area contributed by atoms with Gasteiger partial charge in [-0.3, -0.25) is 4.79 Å². The number of halogens is 2. The maximum Gasteiger partial charge on any atom is 0.272 e. The summed E-state index contributed by atoms with van der Waals surface area (Å²) in [7, 11) is 1.47. The van der Waals surface area contributed by atoms with Gasteiger partial charge >= 0.3 is 0 Å². The third-order valence-corrected chi connectivity index (χ3v) is 4.43. The lowest BCUT2D eigenvalue weighted by Crippen LogP contribution is -2.41. The Hall–Kier alpha value is -2.41. The molecule has 130 valence electrons. The van der Waals surface area contributed by atoms with Gasteiger partial charge in [0.2, 0.25) is 0 Å². The minimum atomic E-state index is -0.808. The summed E-state index contributed by atoms with van der Waals surface area (Å²) in [6, 6.07) is 8.03. The van der Waals surface area contributed by atoms with E-state index in [1.54, 1.807) is 30.6 Å². The predicted molar refractivity (Wildman–Crippen MR) is 96.3 cm³/mol. The van der Waals surface area contributed by atoms with Crippen LogP contribution in [0.3, 0.4) is 0 Å². The third kappa shape index (κ3) is 3.51. The standard InChI is InChI=1S/C18H17BrFN3O2/c1-18(2,11-6-13(20)8-14(7-11)25-3)22-17(24)16-15-5-4-12(19)9-23(15)10-21-16/h4-10H,1-3H3,(H,22,24). The summed E-state index contributed by atoms with van der Waals surface area (Å²) >= 11 is 3.38. The summed E-state index contributed by atoms with van der Waals surface area (Å²) in [4.78, 5) is 16.9. The fourth-order valence-corrected chi connectivity index (χ4v) is 2.96. The van der Waals surface area contributed by atoms with Crippen molar-refractivity contribution in [1.82, 2.24) is 14.7 Å². The van der Waals surface area contributed by atoms with E-state index in [1.165, 1.54) is 19.2 Å². The number of fused-ring (bicyclic) bond motifs is 1. The summed E-state index contributed by atoms with van der Waals surface area (Å²) in [5.74, 6) is -0.360. The molecular formula is C18H17BrFN3O2. The number of hydrogen-bond acceptors (Lipinski definition) is 3. The number of hydrogen-bond donors (Lipinski definition) is 1. The third-order valence-electron chi connectivity index (χ3n) is 3.96. The number of aromatic nitrogens is 2. The monoisotopic (exact) mass is 405 g/mol. The van der Waals surface area contributed by atoms with Crippen LogP contribution in [-0.2, 0) is 5.54 Å². The molecule has 0 radical (unpaired) electrons. The number of ether oxygens (including phenoxy) is 1. The molecule has 0 saturated carbocycles. The summed E-state index contributed by atoms with van der Waals surface area (Å²) < 4.78 is 21.5. The molecular weight excluding hydrogens is 389 g/mol. The largest absolute Gasteiger partial charge is 0.497 e. The predicted octanol–water partition coefficient (Wildman–Crippen LogP) is 3.91. The van der Waals surface area contributed by atoms with E-state index in [2.05, 4.69) is 26.2 Å². The van der Waals surface area contributed by atoms with Crippen LogP contribution in [0.15, 0.2) is 47.3 Å². The number of nitrogens with zero attached hydrogens (tertiary/aromatic N) is 2. The van der Waals surface area contributed by atoms with E-state index < -0.39 is 11.4 Å². The molecule has 25 heavy (non-hydrogen) atoms. The second kappa shape index (κ2) is 6.48. The highest BCUT2D eigenvalue weighted by atomic mass is 79.9. The quantitative estimate of drug-likeness (QED) is 0.715. The molecule has 0 aliphatic heterocycles. The van der Waals surface area contributed by atoms with E-state index in [-0.39, 0.29) is 5.91 Å². The second-order valence-corrected chi connectivity index (χ2v) is 7.11. The molecule has 1 amide bonds. The molecule has 0 saturated heterocycles. The molecule has 0 aliphatic carbocycles. The summed E-state index contributed by atoms with van der Waals surface area (Å²) in [5, 5.41) is 2.91. The van der Waals surface area contributed by atoms with Crippen molar-refractivity contribution >= 4 is 27.4 Å². The van der Waals surface area contributed by atoms with Gasteiger partial charge in [-0.25, -0.2) is 9.37 Å². The first kappa shape index (κ1) is 17.4. The number of benzene rings is 1. The molecule has 1 N–H and O–H groups in total. The van der Waals surface area contributed by atoms with Gasteiger partial charge in [0.25, 0.3) is 5.91 Å². The Morgan fingerprint density at radius 2 is 2.08 bits per heavy atom. The van der Waals surface area contributed by atoms with Gasteiger partial charge in [-0.2, -0.15) is 0 Å². The number of pyridine rings is 1. The molecule has 0 fully saturated rings. The fourth-order valence-electron chi connectivity index (χ4n) is 2.60. The van der Waals surface area contributed by atoms with Crippen LogP contribution >= 0.6 is 15.9 Å². The van der Waals surface area contributed by atoms with Crippen molar-refractivity contribution in [2.24, 2.45) is 0 Å². The number of methoxy groups -OCH3 is 1. The number of nitrogens with one attached hydrogen (secondary N) is 1. The van der Waals surface area contributed by atoms with Crippen LogP contribution in [-0.4, -0.2) is 22.4 Å². The lowest BCUT2D eigenvalue weighted by Gasteiger charge is -2.27. The van der Waals surface area contributed by atoms with Gasteiger partial charge in [0.05, 0.1) is 18.2 Å². The van der Waals surface area contributed by atoms with Crippen molar-refractivity contribution in [3.8, 4) is 5.75 Å². The van der Waals surface area contributed by atoms with Crippen LogP contribution in [0.5, 0.6) is 5.75 Å². The fraction of sp³-hybridized carbons (Fsp3) is 0.222. The number of rotatable bonds is 4. The first-order valence-electron chi connectivity index (χ1n) is 7.60. The Morgan fingerprint density at radius 1 is 1.32 bits per heavy atom. The summed E-state index contributed by atoms with van der Waals surface area (Å²) in [6.07, 6.45) is 3.40. The Bertz CT molecular complexity index is 953. The second-order valence-electron chi connectivity index (χ2n) is 6.19. The zero-order valence-electron chi connectivity index (χ0n) is 14.0. The molecule has 7 heteroatoms. The highest BCUT2D eigenvalue weighted by Gasteiger charge is 2.26. The molecule has 5 nitrogen and oxygen atoms in total. The molecule has 0 bridgehead atoms. The molecule has 0 aliphatic rings. The number of amides is 1. The van der Waals surface area contributed by atoms with Crippen LogP contribution < -0.4 is 10.1 Å². The molecule has 0 atom stereocenters. The van der Waals surface area contributed by atoms with Gasteiger partial charge in [0.1, 0.15) is 17.9 Å². The Kier molecular flexibility index (Phi) is 4.51. The van der Waals surface area contributed by atoms with Crippen LogP contribution in [0.25, 0.3) is 5.52 Å². The molecule has 0 unspecified atom stereocenters. The SMILES string of the molecule is COc1cc(F)cc(C(C)(C)NC(=O)c2ncn3cc(Br)ccc23)c1. The summed E-state index contributed by atoms with van der Waals surface area (Å²) in [5.41, 5.74) is 0.791. The van der Waals surface area contributed by atoms with E-state index >= 15 is 0 Å². The van der Waals surface area contributed by atoms with Gasteiger partial charge in [-0.1, -0.05) is 0 Å². The first-order valence-corrected chi connectivity index (χ1v) is 8.39. The minimum Gasteiger partial charge on any atom is -0.497 e. The smallest absolute Gasteiger partial charge is 0.272 e. The van der Waals surface area contributed by atoms with Crippen molar-refractivity contribution in [1.29, 1.82) is 0 Å². The topological polar surface area (TPSA) is 55.6 Å². The molecule has 3 aromatic rings. The molecule has 0 spiro atoms. The average molecular weight is 406 g/mol. The maximum absolute atomic E-state index is 13.8. The van der Waals surface area contributed by atoms with Gasteiger partial charge in [-0.15, -0.1) is 0 Å². The van der Waals surface area contributed by atoms with E-state index in [9.17, 15) is 9.18 Å². The highest BCUT2D eigenvalue weighted by molar-refractivity contribution is 9.10. The van der Waals surface area contributed by atoms with Crippen molar-refractivity contribution in [3.05, 3.63) is 64.4 Å². The van der Waals surface area contributed by atoms with Crippen molar-refractivity contribution in [3.63, 3.8) is 0 Å². The Morgan fingerprint density at radius 3 is 2.80 bits per heavy atom. The van der Waals surface area contributed by atoms with E-state index in [0.717, 1.165) is 4.47 Å². The summed E-state index contributed by atoms with van der Waals surface area (Å²) in [6.45, 7) is 3.60. The highest BCUT2D eigenvalue weighted by Crippen LogP contribution is 2.26. The molecule has 2 heterocycles. The lowest BCUT2D eigenvalue weighted by atomic mass is 9.93. The van der Waals surface area contributed by atoms with Gasteiger partial charge < -0.3 is 14.5 Å². The average Bonchev–Trinajstić information content (AvgIpc) is 2.96. The number of imidazole rings is 1. The van der Waals surface area contributed by atoms with Crippen molar-refractivity contribution in [2.45, 2.75) is 19.4 Å². The normalized spacial score (nSPS) is 11.6. The van der Waals surface area contributed by atoms with Crippen LogP contribution in [0.2, 0.25) is 0 Å². The van der Waals surface area contributed by atoms with Gasteiger partial charge in [0.15, 0.2) is 5.69 Å². The zero-order chi connectivity index (χ0) is 18.2. The van der Waals surface area contributed by atoms with E-state index in [1.807, 2.05) is 18.3 Å². The van der Waals surface area contributed by atoms with Crippen LogP contribution in [0, 0.1) is 5.82 Å². The first-order chi connectivity index (χ1) is 11.8. The van der Waals surface area contributed by atoms with Gasteiger partial charge in [0, 0.05) is 16.7 Å². The van der Waals surface area contributed by atoms with Gasteiger partial charge in [-0.05, 0) is 59.6 Å². The van der Waals surface area contributed by atoms with Crippen molar-refractivity contribution in [2.75, 3.05) is 7.11 Å². The number of carbonyl (C=O) groups excluding carboxylic acids is 1. The number of carbonyl (C=O) groups is 1.